The summed E-state index contributed by atoms with van der Waals surface area (Å²) in [5, 5.41) is 10.3. The third-order valence-corrected chi connectivity index (χ3v) is 4.25. The molecule has 1 fully saturated rings. The maximum absolute atomic E-state index is 12.4. The largest absolute Gasteiger partial charge is 0.444 e. The molecule has 1 aromatic rings. The zero-order chi connectivity index (χ0) is 18.6. The molecule has 1 N–H and O–H groups in total. The highest BCUT2D eigenvalue weighted by atomic mass is 16.6. The van der Waals surface area contributed by atoms with Crippen molar-refractivity contribution in [2.75, 3.05) is 26.7 Å². The molecule has 1 aliphatic heterocycles. The normalized spacial score (nSPS) is 21.3. The summed E-state index contributed by atoms with van der Waals surface area (Å²) in [6.45, 7) is 6.46. The zero-order valence-corrected chi connectivity index (χ0v) is 15.4. The standard InChI is InChI=1S/C19H28N2O4/c1-19(2,3)25-18(24)21-11-10-16(22)15(12-21)20(4)13-17(23)14-8-6-5-7-9-14/h5-9,15-16,22H,10-13H2,1-4H3/t15-,16-/m1/s1. The number of aliphatic hydroxyl groups excluding tert-OH is 1. The van der Waals surface area contributed by atoms with E-state index in [0.717, 1.165) is 0 Å². The summed E-state index contributed by atoms with van der Waals surface area (Å²) in [4.78, 5) is 28.1. The lowest BCUT2D eigenvalue weighted by molar-refractivity contribution is -0.0200. The molecule has 1 saturated heterocycles. The molecule has 0 aromatic heterocycles. The van der Waals surface area contributed by atoms with Crippen LogP contribution in [0.25, 0.3) is 0 Å². The monoisotopic (exact) mass is 348 g/mol. The molecule has 0 radical (unpaired) electrons. The molecular formula is C19H28N2O4. The van der Waals surface area contributed by atoms with Gasteiger partial charge in [0, 0.05) is 18.7 Å². The Labute approximate surface area is 149 Å². The first-order valence-electron chi connectivity index (χ1n) is 8.62. The van der Waals surface area contributed by atoms with Crippen molar-refractivity contribution in [3.8, 4) is 0 Å². The van der Waals surface area contributed by atoms with E-state index in [2.05, 4.69) is 0 Å². The number of likely N-dealkylation sites (N-methyl/N-ethyl adjacent to an activating group) is 1. The average molecular weight is 348 g/mol. The van der Waals surface area contributed by atoms with Crippen molar-refractivity contribution in [3.05, 3.63) is 35.9 Å². The molecule has 1 amide bonds. The number of piperidine rings is 1. The third kappa shape index (κ3) is 5.54. The highest BCUT2D eigenvalue weighted by Crippen LogP contribution is 2.19. The van der Waals surface area contributed by atoms with Crippen LogP contribution in [0, 0.1) is 0 Å². The van der Waals surface area contributed by atoms with Gasteiger partial charge in [0.1, 0.15) is 5.60 Å². The van der Waals surface area contributed by atoms with Gasteiger partial charge in [-0.2, -0.15) is 0 Å². The van der Waals surface area contributed by atoms with Crippen molar-refractivity contribution in [2.24, 2.45) is 0 Å². The molecule has 6 heteroatoms. The Kier molecular flexibility index (Phi) is 6.19. The Balaban J connectivity index is 1.99. The predicted octanol–water partition coefficient (Wildman–Crippen LogP) is 2.17. The van der Waals surface area contributed by atoms with Gasteiger partial charge >= 0.3 is 6.09 Å². The molecular weight excluding hydrogens is 320 g/mol. The zero-order valence-electron chi connectivity index (χ0n) is 15.4. The van der Waals surface area contributed by atoms with E-state index in [1.807, 2.05) is 43.9 Å². The number of ether oxygens (including phenoxy) is 1. The van der Waals surface area contributed by atoms with Crippen LogP contribution in [0.4, 0.5) is 4.79 Å². The van der Waals surface area contributed by atoms with Crippen molar-refractivity contribution in [1.29, 1.82) is 0 Å². The third-order valence-electron chi connectivity index (χ3n) is 4.25. The quantitative estimate of drug-likeness (QED) is 0.845. The molecule has 0 saturated carbocycles. The number of aliphatic hydroxyl groups is 1. The minimum absolute atomic E-state index is 0.00954. The van der Waals surface area contributed by atoms with Gasteiger partial charge in [0.05, 0.1) is 18.7 Å². The number of hydrogen-bond donors (Lipinski definition) is 1. The lowest BCUT2D eigenvalue weighted by Gasteiger charge is -2.40. The lowest BCUT2D eigenvalue weighted by atomic mass is 10.0. The van der Waals surface area contributed by atoms with Gasteiger partial charge in [-0.25, -0.2) is 4.79 Å². The van der Waals surface area contributed by atoms with Gasteiger partial charge in [0.2, 0.25) is 0 Å². The molecule has 0 bridgehead atoms. The first-order chi connectivity index (χ1) is 11.7. The second kappa shape index (κ2) is 7.97. The molecule has 1 aromatic carbocycles. The van der Waals surface area contributed by atoms with Gasteiger partial charge in [-0.15, -0.1) is 0 Å². The fourth-order valence-corrected chi connectivity index (χ4v) is 2.90. The van der Waals surface area contributed by atoms with Crippen LogP contribution >= 0.6 is 0 Å². The van der Waals surface area contributed by atoms with E-state index in [0.29, 0.717) is 25.1 Å². The van der Waals surface area contributed by atoms with E-state index in [-0.39, 0.29) is 24.5 Å². The van der Waals surface area contributed by atoms with Crippen LogP contribution < -0.4 is 0 Å². The first kappa shape index (κ1) is 19.4. The van der Waals surface area contributed by atoms with E-state index in [1.165, 1.54) is 0 Å². The van der Waals surface area contributed by atoms with Crippen LogP contribution in [0.3, 0.4) is 0 Å². The Morgan fingerprint density at radius 3 is 2.52 bits per heavy atom. The number of benzene rings is 1. The van der Waals surface area contributed by atoms with Gasteiger partial charge < -0.3 is 14.7 Å². The molecule has 25 heavy (non-hydrogen) atoms. The fraction of sp³-hybridized carbons (Fsp3) is 0.579. The maximum atomic E-state index is 12.4. The molecule has 1 heterocycles. The number of ketones is 1. The summed E-state index contributed by atoms with van der Waals surface area (Å²) in [7, 11) is 1.80. The lowest BCUT2D eigenvalue weighted by Crippen LogP contribution is -2.56. The Hall–Kier alpha value is -1.92. The van der Waals surface area contributed by atoms with Gasteiger partial charge in [-0.05, 0) is 34.2 Å². The number of carbonyl (C=O) groups is 2. The molecule has 138 valence electrons. The van der Waals surface area contributed by atoms with Crippen LogP contribution in [0.15, 0.2) is 30.3 Å². The van der Waals surface area contributed by atoms with Crippen molar-refractivity contribution in [2.45, 2.75) is 44.9 Å². The predicted molar refractivity (Wildman–Crippen MR) is 95.6 cm³/mol. The number of rotatable bonds is 4. The minimum atomic E-state index is -0.577. The summed E-state index contributed by atoms with van der Waals surface area (Å²) in [6, 6.07) is 8.78. The average Bonchev–Trinajstić information content (AvgIpc) is 2.54. The van der Waals surface area contributed by atoms with Crippen LogP contribution in [-0.2, 0) is 4.74 Å². The van der Waals surface area contributed by atoms with Gasteiger partial charge in [0.15, 0.2) is 5.78 Å². The number of nitrogens with zero attached hydrogens (tertiary/aromatic N) is 2. The van der Waals surface area contributed by atoms with Gasteiger partial charge in [-0.1, -0.05) is 30.3 Å². The Bertz CT molecular complexity index is 597. The molecule has 2 rings (SSSR count). The first-order valence-corrected chi connectivity index (χ1v) is 8.62. The number of likely N-dealkylation sites (tertiary alicyclic amines) is 1. The van der Waals surface area contributed by atoms with Crippen molar-refractivity contribution in [1.82, 2.24) is 9.80 Å². The maximum Gasteiger partial charge on any atom is 0.410 e. The highest BCUT2D eigenvalue weighted by molar-refractivity contribution is 5.97. The van der Waals surface area contributed by atoms with E-state index >= 15 is 0 Å². The Morgan fingerprint density at radius 1 is 1.28 bits per heavy atom. The second-order valence-corrected chi connectivity index (χ2v) is 7.55. The molecule has 0 spiro atoms. The molecule has 0 aliphatic carbocycles. The number of Topliss-reactive ketones (excluding diaryl/α,β-unsaturated/α-hetero) is 1. The fourth-order valence-electron chi connectivity index (χ4n) is 2.90. The van der Waals surface area contributed by atoms with E-state index < -0.39 is 11.7 Å². The summed E-state index contributed by atoms with van der Waals surface area (Å²) >= 11 is 0. The molecule has 1 aliphatic rings. The van der Waals surface area contributed by atoms with Crippen molar-refractivity contribution in [3.63, 3.8) is 0 Å². The van der Waals surface area contributed by atoms with Crippen LogP contribution in [0.2, 0.25) is 0 Å². The number of carbonyl (C=O) groups excluding carboxylic acids is 2. The number of hydrogen-bond acceptors (Lipinski definition) is 5. The SMILES string of the molecule is CN(CC(=O)c1ccccc1)[C@@H]1CN(C(=O)OC(C)(C)C)CC[C@H]1O. The molecule has 2 atom stereocenters. The number of amides is 1. The van der Waals surface area contributed by atoms with Crippen LogP contribution in [0.5, 0.6) is 0 Å². The second-order valence-electron chi connectivity index (χ2n) is 7.55. The van der Waals surface area contributed by atoms with Crippen LogP contribution in [-0.4, -0.2) is 71.2 Å². The van der Waals surface area contributed by atoms with E-state index in [9.17, 15) is 14.7 Å². The summed E-state index contributed by atoms with van der Waals surface area (Å²) in [5.41, 5.74) is 0.0845. The van der Waals surface area contributed by atoms with Crippen LogP contribution in [0.1, 0.15) is 37.6 Å². The summed E-state index contributed by atoms with van der Waals surface area (Å²) in [6.07, 6.45) is -0.493. The summed E-state index contributed by atoms with van der Waals surface area (Å²) < 4.78 is 5.41. The smallest absolute Gasteiger partial charge is 0.410 e. The molecule has 6 nitrogen and oxygen atoms in total. The van der Waals surface area contributed by atoms with E-state index in [4.69, 9.17) is 4.74 Å². The highest BCUT2D eigenvalue weighted by Gasteiger charge is 2.35. The van der Waals surface area contributed by atoms with Crippen molar-refractivity contribution >= 4 is 11.9 Å². The topological polar surface area (TPSA) is 70.1 Å². The minimum Gasteiger partial charge on any atom is -0.444 e. The van der Waals surface area contributed by atoms with Gasteiger partial charge in [0.25, 0.3) is 0 Å². The molecule has 0 unspecified atom stereocenters. The van der Waals surface area contributed by atoms with Gasteiger partial charge in [-0.3, -0.25) is 9.69 Å². The Morgan fingerprint density at radius 2 is 1.92 bits per heavy atom. The van der Waals surface area contributed by atoms with Crippen molar-refractivity contribution < 1.29 is 19.4 Å². The van der Waals surface area contributed by atoms with E-state index in [1.54, 1.807) is 24.1 Å². The summed E-state index contributed by atoms with van der Waals surface area (Å²) in [5.74, 6) is -0.00954.